The summed E-state index contributed by atoms with van der Waals surface area (Å²) in [6, 6.07) is 8.27. The van der Waals surface area contributed by atoms with Crippen LogP contribution in [-0.4, -0.2) is 52.1 Å². The quantitative estimate of drug-likeness (QED) is 0.735. The van der Waals surface area contributed by atoms with Crippen LogP contribution >= 0.6 is 0 Å². The van der Waals surface area contributed by atoms with Crippen LogP contribution in [0.1, 0.15) is 45.6 Å². The molecule has 0 unspecified atom stereocenters. The van der Waals surface area contributed by atoms with E-state index in [1.54, 1.807) is 0 Å². The molecule has 4 N–H and O–H groups in total. The number of hydrogen-bond acceptors (Lipinski definition) is 4. The molecule has 0 aliphatic carbocycles. The first-order valence-electron chi connectivity index (χ1n) is 9.29. The Hall–Kier alpha value is -1.92. The maximum absolute atomic E-state index is 12.8. The number of rotatable bonds is 5. The molecular weight excluding hydrogens is 330 g/mol. The molecule has 1 heterocycles. The first-order valence-corrected chi connectivity index (χ1v) is 9.29. The molecule has 1 fully saturated rings. The molecule has 6 nitrogen and oxygen atoms in total. The highest BCUT2D eigenvalue weighted by Crippen LogP contribution is 2.20. The number of benzene rings is 1. The number of hydrogen-bond donors (Lipinski definition) is 3. The highest BCUT2D eigenvalue weighted by Gasteiger charge is 2.37. The first kappa shape index (κ1) is 20.4. The Kier molecular flexibility index (Phi) is 6.78. The second kappa shape index (κ2) is 8.64. The fourth-order valence-electron chi connectivity index (χ4n) is 3.27. The number of carbonyl (C=O) groups excluding carboxylic acids is 2. The number of carbonyl (C=O) groups is 2. The van der Waals surface area contributed by atoms with Gasteiger partial charge in [0, 0.05) is 18.1 Å². The van der Waals surface area contributed by atoms with Gasteiger partial charge in [-0.2, -0.15) is 0 Å². The minimum atomic E-state index is -1.32. The van der Waals surface area contributed by atoms with Crippen LogP contribution in [0, 0.1) is 0 Å². The summed E-state index contributed by atoms with van der Waals surface area (Å²) in [4.78, 5) is 26.9. The number of aliphatic hydroxyl groups excluding tert-OH is 1. The number of nitrogens with one attached hydrogen (secondary N) is 1. The minimum absolute atomic E-state index is 0.172. The van der Waals surface area contributed by atoms with Crippen LogP contribution in [0.4, 0.5) is 0 Å². The van der Waals surface area contributed by atoms with Crippen LogP contribution in [0.5, 0.6) is 0 Å². The van der Waals surface area contributed by atoms with Crippen molar-refractivity contribution in [3.05, 3.63) is 35.9 Å². The lowest BCUT2D eigenvalue weighted by molar-refractivity contribution is -0.150. The Morgan fingerprint density at radius 2 is 1.92 bits per heavy atom. The van der Waals surface area contributed by atoms with Gasteiger partial charge in [-0.05, 0) is 52.0 Å². The predicted molar refractivity (Wildman–Crippen MR) is 101 cm³/mol. The summed E-state index contributed by atoms with van der Waals surface area (Å²) >= 11 is 0. The van der Waals surface area contributed by atoms with E-state index in [4.69, 9.17) is 5.73 Å². The average Bonchev–Trinajstić information content (AvgIpc) is 2.59. The van der Waals surface area contributed by atoms with Gasteiger partial charge in [0.25, 0.3) is 5.91 Å². The molecule has 0 aromatic heterocycles. The maximum Gasteiger partial charge on any atom is 0.253 e. The average molecular weight is 361 g/mol. The van der Waals surface area contributed by atoms with Gasteiger partial charge in [-0.25, -0.2) is 0 Å². The Bertz CT molecular complexity index is 612. The second-order valence-corrected chi connectivity index (χ2v) is 8.08. The molecule has 144 valence electrons. The molecule has 1 aromatic rings. The number of piperidine rings is 1. The van der Waals surface area contributed by atoms with Crippen molar-refractivity contribution in [2.75, 3.05) is 6.54 Å². The summed E-state index contributed by atoms with van der Waals surface area (Å²) in [5.41, 5.74) is 6.68. The van der Waals surface area contributed by atoms with E-state index in [1.165, 1.54) is 4.90 Å². The Morgan fingerprint density at radius 3 is 2.54 bits per heavy atom. The van der Waals surface area contributed by atoms with E-state index in [0.29, 0.717) is 19.4 Å². The van der Waals surface area contributed by atoms with Gasteiger partial charge in [-0.15, -0.1) is 0 Å². The molecule has 0 bridgehead atoms. The molecule has 2 amide bonds. The Morgan fingerprint density at radius 1 is 1.27 bits per heavy atom. The Labute approximate surface area is 155 Å². The maximum atomic E-state index is 12.8. The Balaban J connectivity index is 2.05. The third kappa shape index (κ3) is 5.54. The fraction of sp³-hybridized carbons (Fsp3) is 0.600. The first-order chi connectivity index (χ1) is 12.2. The summed E-state index contributed by atoms with van der Waals surface area (Å²) in [5, 5.41) is 13.4. The van der Waals surface area contributed by atoms with Crippen LogP contribution in [0.3, 0.4) is 0 Å². The van der Waals surface area contributed by atoms with E-state index in [1.807, 2.05) is 51.1 Å². The van der Waals surface area contributed by atoms with Gasteiger partial charge in [0.1, 0.15) is 12.1 Å². The topological polar surface area (TPSA) is 95.7 Å². The normalized spacial score (nSPS) is 20.3. The molecule has 1 saturated heterocycles. The lowest BCUT2D eigenvalue weighted by atomic mass is 9.96. The van der Waals surface area contributed by atoms with Gasteiger partial charge in [0.15, 0.2) is 0 Å². The van der Waals surface area contributed by atoms with E-state index >= 15 is 0 Å². The lowest BCUT2D eigenvalue weighted by Gasteiger charge is -2.38. The monoisotopic (exact) mass is 361 g/mol. The van der Waals surface area contributed by atoms with Crippen LogP contribution in [0.15, 0.2) is 30.3 Å². The summed E-state index contributed by atoms with van der Waals surface area (Å²) < 4.78 is 0. The molecule has 2 rings (SSSR count). The van der Waals surface area contributed by atoms with Gasteiger partial charge >= 0.3 is 0 Å². The van der Waals surface area contributed by atoms with E-state index < -0.39 is 24.1 Å². The van der Waals surface area contributed by atoms with Gasteiger partial charge in [0.2, 0.25) is 5.91 Å². The van der Waals surface area contributed by atoms with E-state index in [9.17, 15) is 14.7 Å². The molecule has 1 aromatic carbocycles. The zero-order valence-electron chi connectivity index (χ0n) is 15.9. The predicted octanol–water partition coefficient (Wildman–Crippen LogP) is 1.21. The highest BCUT2D eigenvalue weighted by atomic mass is 16.3. The van der Waals surface area contributed by atoms with Crippen molar-refractivity contribution in [1.29, 1.82) is 0 Å². The van der Waals surface area contributed by atoms with Crippen LogP contribution in [-0.2, 0) is 16.0 Å². The SMILES string of the molecule is CC(C)(C)NC(=O)[C@@H]1CCCCN1C(=O)[C@@H](O)[C@@H](N)Cc1ccccc1. The number of aliphatic hydroxyl groups is 1. The molecule has 1 aliphatic heterocycles. The van der Waals surface area contributed by atoms with Crippen molar-refractivity contribution in [3.63, 3.8) is 0 Å². The smallest absolute Gasteiger partial charge is 0.253 e. The van der Waals surface area contributed by atoms with Crippen LogP contribution in [0.2, 0.25) is 0 Å². The molecule has 3 atom stereocenters. The second-order valence-electron chi connectivity index (χ2n) is 8.08. The highest BCUT2D eigenvalue weighted by molar-refractivity contribution is 5.90. The van der Waals surface area contributed by atoms with Crippen molar-refractivity contribution in [2.24, 2.45) is 5.73 Å². The standard InChI is InChI=1S/C20H31N3O3/c1-20(2,3)22-18(25)16-11-7-8-12-23(16)19(26)17(24)15(21)13-14-9-5-4-6-10-14/h4-6,9-10,15-17,24H,7-8,11-13,21H2,1-3H3,(H,22,25)/t15-,16-,17-/m0/s1. The summed E-state index contributed by atoms with van der Waals surface area (Å²) in [6.07, 6.45) is 1.40. The van der Waals surface area contributed by atoms with Gasteiger partial charge in [0.05, 0.1) is 0 Å². The number of likely N-dealkylation sites (tertiary alicyclic amines) is 1. The fourth-order valence-corrected chi connectivity index (χ4v) is 3.27. The lowest BCUT2D eigenvalue weighted by Crippen LogP contribution is -2.59. The molecular formula is C20H31N3O3. The number of nitrogens with two attached hydrogens (primary N) is 1. The zero-order valence-corrected chi connectivity index (χ0v) is 15.9. The van der Waals surface area contributed by atoms with Gasteiger partial charge in [-0.1, -0.05) is 30.3 Å². The van der Waals surface area contributed by atoms with Crippen molar-refractivity contribution < 1.29 is 14.7 Å². The van der Waals surface area contributed by atoms with Crippen molar-refractivity contribution >= 4 is 11.8 Å². The summed E-state index contributed by atoms with van der Waals surface area (Å²) in [5.74, 6) is -0.628. The summed E-state index contributed by atoms with van der Waals surface area (Å²) in [6.45, 7) is 6.19. The number of nitrogens with zero attached hydrogens (tertiary/aromatic N) is 1. The van der Waals surface area contributed by atoms with E-state index in [0.717, 1.165) is 18.4 Å². The van der Waals surface area contributed by atoms with E-state index in [2.05, 4.69) is 5.32 Å². The van der Waals surface area contributed by atoms with Crippen molar-refractivity contribution in [1.82, 2.24) is 10.2 Å². The number of amides is 2. The molecule has 26 heavy (non-hydrogen) atoms. The molecule has 1 aliphatic rings. The third-order valence-corrected chi connectivity index (χ3v) is 4.56. The minimum Gasteiger partial charge on any atom is -0.382 e. The van der Waals surface area contributed by atoms with Crippen molar-refractivity contribution in [3.8, 4) is 0 Å². The van der Waals surface area contributed by atoms with Gasteiger partial charge in [-0.3, -0.25) is 9.59 Å². The van der Waals surface area contributed by atoms with Crippen molar-refractivity contribution in [2.45, 2.75) is 70.2 Å². The summed E-state index contributed by atoms with van der Waals surface area (Å²) in [7, 11) is 0. The van der Waals surface area contributed by atoms with Crippen LogP contribution < -0.4 is 11.1 Å². The molecule has 0 radical (unpaired) electrons. The molecule has 6 heteroatoms. The van der Waals surface area contributed by atoms with E-state index in [-0.39, 0.29) is 11.4 Å². The van der Waals surface area contributed by atoms with Gasteiger partial charge < -0.3 is 21.1 Å². The third-order valence-electron chi connectivity index (χ3n) is 4.56. The molecule has 0 saturated carbocycles. The zero-order chi connectivity index (χ0) is 19.3. The van der Waals surface area contributed by atoms with Crippen LogP contribution in [0.25, 0.3) is 0 Å². The molecule has 0 spiro atoms. The largest absolute Gasteiger partial charge is 0.382 e.